The summed E-state index contributed by atoms with van der Waals surface area (Å²) in [7, 11) is 1.55. The Morgan fingerprint density at radius 2 is 2.17 bits per heavy atom. The second kappa shape index (κ2) is 3.90. The average Bonchev–Trinajstić information content (AvgIpc) is 2.05. The minimum atomic E-state index is 0.904. The zero-order valence-electron chi connectivity index (χ0n) is 7.66. The highest BCUT2D eigenvalue weighted by molar-refractivity contribution is 5.98. The molecule has 0 aliphatic carbocycles. The summed E-state index contributed by atoms with van der Waals surface area (Å²) in [6.07, 6.45) is 0. The van der Waals surface area contributed by atoms with Crippen molar-refractivity contribution in [2.24, 2.45) is 5.16 Å². The van der Waals surface area contributed by atoms with Gasteiger partial charge in [0.1, 0.15) is 7.11 Å². The first-order valence-electron chi connectivity index (χ1n) is 3.89. The number of hydrogen-bond donors (Lipinski definition) is 0. The summed E-state index contributed by atoms with van der Waals surface area (Å²) in [5.41, 5.74) is 3.25. The quantitative estimate of drug-likeness (QED) is 0.484. The first-order chi connectivity index (χ1) is 5.74. The van der Waals surface area contributed by atoms with Crippen LogP contribution in [0.1, 0.15) is 18.1 Å². The maximum absolute atomic E-state index is 4.69. The fourth-order valence-corrected chi connectivity index (χ4v) is 1.06. The Labute approximate surface area is 72.9 Å². The molecule has 2 heteroatoms. The van der Waals surface area contributed by atoms with Gasteiger partial charge >= 0.3 is 0 Å². The van der Waals surface area contributed by atoms with Crippen LogP contribution in [-0.2, 0) is 4.84 Å². The molecule has 0 unspecified atom stereocenters. The highest BCUT2D eigenvalue weighted by atomic mass is 16.6. The SMILES string of the molecule is CON=C(C)c1cccc(C)c1. The van der Waals surface area contributed by atoms with Gasteiger partial charge in [-0.2, -0.15) is 0 Å². The Morgan fingerprint density at radius 1 is 1.42 bits per heavy atom. The predicted octanol–water partition coefficient (Wildman–Crippen LogP) is 2.37. The lowest BCUT2D eigenvalue weighted by Crippen LogP contribution is -1.95. The van der Waals surface area contributed by atoms with E-state index in [0.717, 1.165) is 11.3 Å². The third kappa shape index (κ3) is 2.09. The van der Waals surface area contributed by atoms with Crippen molar-refractivity contribution in [2.45, 2.75) is 13.8 Å². The van der Waals surface area contributed by atoms with E-state index in [4.69, 9.17) is 0 Å². The van der Waals surface area contributed by atoms with E-state index < -0.39 is 0 Å². The average molecular weight is 163 g/mol. The number of hydrogen-bond acceptors (Lipinski definition) is 2. The molecule has 0 saturated heterocycles. The number of aryl methyl sites for hydroxylation is 1. The number of oxime groups is 1. The van der Waals surface area contributed by atoms with Gasteiger partial charge in [-0.15, -0.1) is 0 Å². The summed E-state index contributed by atoms with van der Waals surface area (Å²) < 4.78 is 0. The highest BCUT2D eigenvalue weighted by Gasteiger charge is 1.96. The van der Waals surface area contributed by atoms with E-state index in [-0.39, 0.29) is 0 Å². The fourth-order valence-electron chi connectivity index (χ4n) is 1.06. The molecule has 1 aromatic rings. The molecule has 2 nitrogen and oxygen atoms in total. The summed E-state index contributed by atoms with van der Waals surface area (Å²) in [6.45, 7) is 3.99. The second-order valence-corrected chi connectivity index (χ2v) is 2.73. The second-order valence-electron chi connectivity index (χ2n) is 2.73. The molecule has 0 fully saturated rings. The molecule has 0 amide bonds. The van der Waals surface area contributed by atoms with Gasteiger partial charge in [-0.25, -0.2) is 0 Å². The van der Waals surface area contributed by atoms with Gasteiger partial charge in [0.05, 0.1) is 5.71 Å². The van der Waals surface area contributed by atoms with Crippen LogP contribution < -0.4 is 0 Å². The van der Waals surface area contributed by atoms with Crippen molar-refractivity contribution in [1.29, 1.82) is 0 Å². The summed E-state index contributed by atoms with van der Waals surface area (Å²) in [5, 5.41) is 3.85. The van der Waals surface area contributed by atoms with E-state index in [1.165, 1.54) is 5.56 Å². The molecule has 0 radical (unpaired) electrons. The van der Waals surface area contributed by atoms with Gasteiger partial charge < -0.3 is 4.84 Å². The zero-order valence-corrected chi connectivity index (χ0v) is 7.66. The molecule has 0 N–H and O–H groups in total. The molecular weight excluding hydrogens is 150 g/mol. The maximum Gasteiger partial charge on any atom is 0.106 e. The van der Waals surface area contributed by atoms with Crippen molar-refractivity contribution < 1.29 is 4.84 Å². The van der Waals surface area contributed by atoms with E-state index in [9.17, 15) is 0 Å². The molecule has 0 atom stereocenters. The first-order valence-corrected chi connectivity index (χ1v) is 3.89. The van der Waals surface area contributed by atoms with Crippen molar-refractivity contribution in [2.75, 3.05) is 7.11 Å². The third-order valence-electron chi connectivity index (χ3n) is 1.66. The van der Waals surface area contributed by atoms with Crippen molar-refractivity contribution >= 4 is 5.71 Å². The van der Waals surface area contributed by atoms with Gasteiger partial charge in [-0.1, -0.05) is 35.0 Å². The topological polar surface area (TPSA) is 21.6 Å². The van der Waals surface area contributed by atoms with E-state index in [1.54, 1.807) is 7.11 Å². The molecule has 0 aliphatic heterocycles. The van der Waals surface area contributed by atoms with Gasteiger partial charge in [0, 0.05) is 0 Å². The number of rotatable bonds is 2. The Bertz CT molecular complexity index is 292. The van der Waals surface area contributed by atoms with Crippen molar-refractivity contribution in [1.82, 2.24) is 0 Å². The van der Waals surface area contributed by atoms with Gasteiger partial charge in [0.15, 0.2) is 0 Å². The van der Waals surface area contributed by atoms with E-state index in [1.807, 2.05) is 19.1 Å². The molecule has 0 aliphatic rings. The zero-order chi connectivity index (χ0) is 8.97. The van der Waals surface area contributed by atoms with Crippen LogP contribution >= 0.6 is 0 Å². The summed E-state index contributed by atoms with van der Waals surface area (Å²) in [6, 6.07) is 8.17. The lowest BCUT2D eigenvalue weighted by Gasteiger charge is -2.00. The molecule has 0 aromatic heterocycles. The first kappa shape index (κ1) is 8.78. The standard InChI is InChI=1S/C10H13NO/c1-8-5-4-6-10(7-8)9(2)11-12-3/h4-7H,1-3H3. The number of benzene rings is 1. The minimum absolute atomic E-state index is 0.904. The predicted molar refractivity (Wildman–Crippen MR) is 50.4 cm³/mol. The normalized spacial score (nSPS) is 11.4. The third-order valence-corrected chi connectivity index (χ3v) is 1.66. The Kier molecular flexibility index (Phi) is 2.86. The molecule has 64 valence electrons. The molecule has 12 heavy (non-hydrogen) atoms. The molecule has 1 aromatic carbocycles. The maximum atomic E-state index is 4.69. The van der Waals surface area contributed by atoms with Gasteiger partial charge in [0.2, 0.25) is 0 Å². The monoisotopic (exact) mass is 163 g/mol. The molecule has 0 bridgehead atoms. The van der Waals surface area contributed by atoms with E-state index >= 15 is 0 Å². The summed E-state index contributed by atoms with van der Waals surface area (Å²) in [5.74, 6) is 0. The van der Waals surface area contributed by atoms with Crippen LogP contribution in [0.5, 0.6) is 0 Å². The van der Waals surface area contributed by atoms with Crippen LogP contribution in [-0.4, -0.2) is 12.8 Å². The van der Waals surface area contributed by atoms with Crippen LogP contribution in [0.4, 0.5) is 0 Å². The smallest absolute Gasteiger partial charge is 0.106 e. The van der Waals surface area contributed by atoms with Crippen LogP contribution in [0, 0.1) is 6.92 Å². The van der Waals surface area contributed by atoms with E-state index in [0.29, 0.717) is 0 Å². The van der Waals surface area contributed by atoms with Crippen molar-refractivity contribution in [3.63, 3.8) is 0 Å². The van der Waals surface area contributed by atoms with Crippen LogP contribution in [0.3, 0.4) is 0 Å². The fraction of sp³-hybridized carbons (Fsp3) is 0.300. The van der Waals surface area contributed by atoms with E-state index in [2.05, 4.69) is 29.0 Å². The van der Waals surface area contributed by atoms with Crippen LogP contribution in [0.15, 0.2) is 29.4 Å². The summed E-state index contributed by atoms with van der Waals surface area (Å²) in [4.78, 5) is 4.69. The van der Waals surface area contributed by atoms with Crippen LogP contribution in [0.2, 0.25) is 0 Å². The highest BCUT2D eigenvalue weighted by Crippen LogP contribution is 2.05. The lowest BCUT2D eigenvalue weighted by molar-refractivity contribution is 0.213. The lowest BCUT2D eigenvalue weighted by atomic mass is 10.1. The van der Waals surface area contributed by atoms with Gasteiger partial charge in [-0.05, 0) is 19.4 Å². The van der Waals surface area contributed by atoms with Crippen molar-refractivity contribution in [3.05, 3.63) is 35.4 Å². The Morgan fingerprint density at radius 3 is 2.75 bits per heavy atom. The van der Waals surface area contributed by atoms with Crippen LogP contribution in [0.25, 0.3) is 0 Å². The number of nitrogens with zero attached hydrogens (tertiary/aromatic N) is 1. The molecule has 0 spiro atoms. The molecular formula is C10H13NO. The van der Waals surface area contributed by atoms with Gasteiger partial charge in [0.25, 0.3) is 0 Å². The molecule has 1 rings (SSSR count). The van der Waals surface area contributed by atoms with Crippen molar-refractivity contribution in [3.8, 4) is 0 Å². The van der Waals surface area contributed by atoms with Gasteiger partial charge in [-0.3, -0.25) is 0 Å². The molecule has 0 heterocycles. The largest absolute Gasteiger partial charge is 0.399 e. The minimum Gasteiger partial charge on any atom is -0.399 e. The Hall–Kier alpha value is -1.31. The summed E-state index contributed by atoms with van der Waals surface area (Å²) >= 11 is 0. The Balaban J connectivity index is 2.95. The molecule has 0 saturated carbocycles.